The molecule has 104 valence electrons. The van der Waals surface area contributed by atoms with Crippen LogP contribution in [0, 0.1) is 0 Å². The summed E-state index contributed by atoms with van der Waals surface area (Å²) in [5.74, 6) is 0.818. The molecule has 2 aromatic heterocycles. The maximum absolute atomic E-state index is 4.32. The monoisotopic (exact) mass is 270 g/mol. The molecule has 0 aliphatic carbocycles. The zero-order chi connectivity index (χ0) is 13.6. The molecule has 20 heavy (non-hydrogen) atoms. The minimum atomic E-state index is 0.439. The van der Waals surface area contributed by atoms with Crippen molar-refractivity contribution in [2.24, 2.45) is 0 Å². The molecule has 0 spiro atoms. The van der Waals surface area contributed by atoms with E-state index in [1.165, 1.54) is 6.42 Å². The van der Waals surface area contributed by atoms with Gasteiger partial charge in [0.15, 0.2) is 0 Å². The van der Waals surface area contributed by atoms with Gasteiger partial charge in [0, 0.05) is 56.7 Å². The molecule has 0 amide bonds. The summed E-state index contributed by atoms with van der Waals surface area (Å²) < 4.78 is 0. The van der Waals surface area contributed by atoms with Crippen LogP contribution in [0.2, 0.25) is 0 Å². The van der Waals surface area contributed by atoms with Gasteiger partial charge in [0.05, 0.1) is 5.69 Å². The number of nitrogens with zero attached hydrogens (tertiary/aromatic N) is 5. The lowest BCUT2D eigenvalue weighted by Crippen LogP contribution is -2.46. The third kappa shape index (κ3) is 3.27. The fourth-order valence-corrected chi connectivity index (χ4v) is 2.45. The average molecular weight is 270 g/mol. The Bertz CT molecular complexity index is 518. The summed E-state index contributed by atoms with van der Waals surface area (Å²) in [4.78, 5) is 19.2. The largest absolute Gasteiger partial charge is 0.339 e. The van der Waals surface area contributed by atoms with Gasteiger partial charge in [-0.1, -0.05) is 0 Å². The van der Waals surface area contributed by atoms with Gasteiger partial charge < -0.3 is 10.2 Å². The smallest absolute Gasteiger partial charge is 0.225 e. The van der Waals surface area contributed by atoms with Gasteiger partial charge in [-0.05, 0) is 18.9 Å². The third-order valence-electron chi connectivity index (χ3n) is 3.44. The minimum Gasteiger partial charge on any atom is -0.339 e. The fraction of sp³-hybridized carbons (Fsp3) is 0.429. The topological polar surface area (TPSA) is 66.8 Å². The van der Waals surface area contributed by atoms with Gasteiger partial charge in [0.2, 0.25) is 5.95 Å². The van der Waals surface area contributed by atoms with E-state index in [-0.39, 0.29) is 0 Å². The highest BCUT2D eigenvalue weighted by Crippen LogP contribution is 2.15. The molecule has 3 rings (SSSR count). The van der Waals surface area contributed by atoms with E-state index in [9.17, 15) is 0 Å². The Morgan fingerprint density at radius 1 is 1.15 bits per heavy atom. The van der Waals surface area contributed by atoms with Crippen LogP contribution in [0.25, 0.3) is 0 Å². The van der Waals surface area contributed by atoms with Crippen LogP contribution >= 0.6 is 0 Å². The van der Waals surface area contributed by atoms with E-state index >= 15 is 0 Å². The summed E-state index contributed by atoms with van der Waals surface area (Å²) >= 11 is 0. The predicted octanol–water partition coefficient (Wildman–Crippen LogP) is 1.03. The average Bonchev–Trinajstić information content (AvgIpc) is 2.55. The lowest BCUT2D eigenvalue weighted by Gasteiger charge is -2.33. The Balaban J connectivity index is 1.56. The van der Waals surface area contributed by atoms with E-state index in [1.807, 2.05) is 6.07 Å². The van der Waals surface area contributed by atoms with Crippen LogP contribution in [0.3, 0.4) is 0 Å². The maximum Gasteiger partial charge on any atom is 0.225 e. The highest BCUT2D eigenvalue weighted by molar-refractivity contribution is 5.29. The standard InChI is InChI=1S/C14H18N6/c1-3-12(19-10-13-9-15-6-7-16-13)11-20(8-1)14-17-4-2-5-18-14/h2,4-7,9,12,19H,1,3,8,10-11H2. The Morgan fingerprint density at radius 3 is 2.85 bits per heavy atom. The van der Waals surface area contributed by atoms with Gasteiger partial charge in [-0.2, -0.15) is 0 Å². The zero-order valence-corrected chi connectivity index (χ0v) is 11.3. The lowest BCUT2D eigenvalue weighted by atomic mass is 10.1. The Morgan fingerprint density at radius 2 is 2.05 bits per heavy atom. The molecule has 1 atom stereocenters. The molecule has 1 N–H and O–H groups in total. The van der Waals surface area contributed by atoms with Crippen LogP contribution in [0.15, 0.2) is 37.1 Å². The lowest BCUT2D eigenvalue weighted by molar-refractivity contribution is 0.416. The first kappa shape index (κ1) is 12.9. The number of piperidine rings is 1. The summed E-state index contributed by atoms with van der Waals surface area (Å²) in [6.07, 6.45) is 11.1. The highest BCUT2D eigenvalue weighted by Gasteiger charge is 2.21. The quantitative estimate of drug-likeness (QED) is 0.895. The second kappa shape index (κ2) is 6.38. The molecule has 6 nitrogen and oxygen atoms in total. The van der Waals surface area contributed by atoms with Gasteiger partial charge in [-0.25, -0.2) is 9.97 Å². The molecule has 1 aliphatic rings. The zero-order valence-electron chi connectivity index (χ0n) is 11.3. The van der Waals surface area contributed by atoms with Crippen LogP contribution in [0.1, 0.15) is 18.5 Å². The predicted molar refractivity (Wildman–Crippen MR) is 76.1 cm³/mol. The van der Waals surface area contributed by atoms with Crippen molar-refractivity contribution in [2.45, 2.75) is 25.4 Å². The number of anilines is 1. The summed E-state index contributed by atoms with van der Waals surface area (Å²) in [5, 5.41) is 3.54. The van der Waals surface area contributed by atoms with Crippen LogP contribution in [0.5, 0.6) is 0 Å². The first-order valence-electron chi connectivity index (χ1n) is 6.92. The van der Waals surface area contributed by atoms with Crippen molar-refractivity contribution in [1.82, 2.24) is 25.3 Å². The molecule has 6 heteroatoms. The van der Waals surface area contributed by atoms with Crippen LogP contribution in [-0.4, -0.2) is 39.1 Å². The fourth-order valence-electron chi connectivity index (χ4n) is 2.45. The van der Waals surface area contributed by atoms with E-state index in [2.05, 4.69) is 30.2 Å². The molecular formula is C14H18N6. The molecule has 3 heterocycles. The molecule has 1 aliphatic heterocycles. The Labute approximate surface area is 118 Å². The van der Waals surface area contributed by atoms with Gasteiger partial charge in [-0.3, -0.25) is 9.97 Å². The minimum absolute atomic E-state index is 0.439. The molecule has 0 bridgehead atoms. The van der Waals surface area contributed by atoms with Gasteiger partial charge in [0.1, 0.15) is 0 Å². The molecule has 2 aromatic rings. The van der Waals surface area contributed by atoms with E-state index in [0.717, 1.165) is 37.7 Å². The summed E-state index contributed by atoms with van der Waals surface area (Å²) in [5.41, 5.74) is 0.973. The highest BCUT2D eigenvalue weighted by atomic mass is 15.3. The van der Waals surface area contributed by atoms with Crippen molar-refractivity contribution in [3.05, 3.63) is 42.7 Å². The van der Waals surface area contributed by atoms with Crippen molar-refractivity contribution in [3.8, 4) is 0 Å². The van der Waals surface area contributed by atoms with Gasteiger partial charge in [0.25, 0.3) is 0 Å². The summed E-state index contributed by atoms with van der Waals surface area (Å²) in [6.45, 7) is 2.71. The number of aromatic nitrogens is 4. The van der Waals surface area contributed by atoms with Gasteiger partial charge in [-0.15, -0.1) is 0 Å². The SMILES string of the molecule is c1cnc(N2CCCC(NCc3cnccn3)C2)nc1. The second-order valence-electron chi connectivity index (χ2n) is 4.91. The van der Waals surface area contributed by atoms with E-state index in [1.54, 1.807) is 31.0 Å². The molecule has 0 radical (unpaired) electrons. The van der Waals surface area contributed by atoms with Crippen molar-refractivity contribution < 1.29 is 0 Å². The summed E-state index contributed by atoms with van der Waals surface area (Å²) in [7, 11) is 0. The number of hydrogen-bond acceptors (Lipinski definition) is 6. The second-order valence-corrected chi connectivity index (χ2v) is 4.91. The van der Waals surface area contributed by atoms with Crippen molar-refractivity contribution in [2.75, 3.05) is 18.0 Å². The number of hydrogen-bond donors (Lipinski definition) is 1. The normalized spacial score (nSPS) is 19.0. The Kier molecular flexibility index (Phi) is 4.13. The first-order valence-corrected chi connectivity index (χ1v) is 6.92. The van der Waals surface area contributed by atoms with E-state index in [4.69, 9.17) is 0 Å². The number of rotatable bonds is 4. The van der Waals surface area contributed by atoms with Crippen molar-refractivity contribution >= 4 is 5.95 Å². The van der Waals surface area contributed by atoms with Crippen LogP contribution in [-0.2, 0) is 6.54 Å². The van der Waals surface area contributed by atoms with Gasteiger partial charge >= 0.3 is 0 Å². The molecular weight excluding hydrogens is 252 g/mol. The van der Waals surface area contributed by atoms with E-state index < -0.39 is 0 Å². The molecule has 0 saturated carbocycles. The molecule has 1 unspecified atom stereocenters. The molecule has 1 saturated heterocycles. The Hall–Kier alpha value is -2.08. The van der Waals surface area contributed by atoms with E-state index in [0.29, 0.717) is 6.04 Å². The summed E-state index contributed by atoms with van der Waals surface area (Å²) in [6, 6.07) is 2.28. The van der Waals surface area contributed by atoms with Crippen molar-refractivity contribution in [1.29, 1.82) is 0 Å². The first-order chi connectivity index (χ1) is 9.92. The number of nitrogens with one attached hydrogen (secondary N) is 1. The van der Waals surface area contributed by atoms with Crippen LogP contribution in [0.4, 0.5) is 5.95 Å². The molecule has 0 aromatic carbocycles. The van der Waals surface area contributed by atoms with Crippen LogP contribution < -0.4 is 10.2 Å². The van der Waals surface area contributed by atoms with Crippen molar-refractivity contribution in [3.63, 3.8) is 0 Å². The molecule has 1 fully saturated rings. The third-order valence-corrected chi connectivity index (χ3v) is 3.44. The maximum atomic E-state index is 4.32.